The van der Waals surface area contributed by atoms with Crippen molar-refractivity contribution < 1.29 is 4.79 Å². The molecule has 0 aliphatic heterocycles. The van der Waals surface area contributed by atoms with Crippen LogP contribution in [0.2, 0.25) is 0 Å². The van der Waals surface area contributed by atoms with Crippen LogP contribution in [0.4, 0.5) is 0 Å². The lowest BCUT2D eigenvalue weighted by Crippen LogP contribution is -2.27. The Morgan fingerprint density at radius 3 is 2.95 bits per heavy atom. The van der Waals surface area contributed by atoms with Crippen molar-refractivity contribution in [3.63, 3.8) is 0 Å². The number of hydrogen-bond donors (Lipinski definition) is 1. The molecule has 0 spiro atoms. The second-order valence-electron chi connectivity index (χ2n) is 4.97. The maximum atomic E-state index is 11.8. The predicted molar refractivity (Wildman–Crippen MR) is 80.9 cm³/mol. The van der Waals surface area contributed by atoms with Crippen LogP contribution in [0.5, 0.6) is 0 Å². The zero-order valence-electron chi connectivity index (χ0n) is 11.8. The van der Waals surface area contributed by atoms with Gasteiger partial charge in [-0.05, 0) is 11.6 Å². The summed E-state index contributed by atoms with van der Waals surface area (Å²) in [5.41, 5.74) is 1.99. The van der Waals surface area contributed by atoms with E-state index in [-0.39, 0.29) is 5.91 Å². The van der Waals surface area contributed by atoms with Crippen LogP contribution in [0.3, 0.4) is 0 Å². The third kappa shape index (κ3) is 4.42. The molecule has 0 fully saturated rings. The van der Waals surface area contributed by atoms with E-state index in [4.69, 9.17) is 0 Å². The van der Waals surface area contributed by atoms with Crippen LogP contribution in [0.1, 0.15) is 36.0 Å². The smallest absolute Gasteiger partial charge is 0.224 e. The van der Waals surface area contributed by atoms with E-state index in [1.807, 2.05) is 12.1 Å². The summed E-state index contributed by atoms with van der Waals surface area (Å²) in [7, 11) is 0. The molecule has 20 heavy (non-hydrogen) atoms. The third-order valence-corrected chi connectivity index (χ3v) is 4.05. The van der Waals surface area contributed by atoms with Gasteiger partial charge < -0.3 is 5.32 Å². The number of aromatic nitrogens is 2. The van der Waals surface area contributed by atoms with Gasteiger partial charge >= 0.3 is 0 Å². The SMILES string of the molecule is CC(C)c1nc(CCNC(=O)Cc2cccnc2)cs1. The second-order valence-corrected chi connectivity index (χ2v) is 5.86. The summed E-state index contributed by atoms with van der Waals surface area (Å²) in [5, 5.41) is 6.14. The summed E-state index contributed by atoms with van der Waals surface area (Å²) >= 11 is 1.69. The number of carbonyl (C=O) groups excluding carboxylic acids is 1. The molecule has 2 rings (SSSR count). The quantitative estimate of drug-likeness (QED) is 0.889. The van der Waals surface area contributed by atoms with Crippen LogP contribution >= 0.6 is 11.3 Å². The Morgan fingerprint density at radius 1 is 1.45 bits per heavy atom. The Kier molecular flexibility index (Phi) is 5.24. The van der Waals surface area contributed by atoms with Gasteiger partial charge in [-0.1, -0.05) is 19.9 Å². The molecule has 0 unspecified atom stereocenters. The highest BCUT2D eigenvalue weighted by Gasteiger charge is 2.07. The molecule has 2 aromatic heterocycles. The number of hydrogen-bond acceptors (Lipinski definition) is 4. The molecule has 5 heteroatoms. The standard InChI is InChI=1S/C15H19N3OS/c1-11(2)15-18-13(10-20-15)5-7-17-14(19)8-12-4-3-6-16-9-12/h3-4,6,9-11H,5,7-8H2,1-2H3,(H,17,19). The van der Waals surface area contributed by atoms with Crippen molar-refractivity contribution in [1.29, 1.82) is 0 Å². The maximum absolute atomic E-state index is 11.8. The molecule has 0 bridgehead atoms. The lowest BCUT2D eigenvalue weighted by Gasteiger charge is -2.04. The lowest BCUT2D eigenvalue weighted by atomic mass is 10.2. The highest BCUT2D eigenvalue weighted by Crippen LogP contribution is 2.19. The monoisotopic (exact) mass is 289 g/mol. The highest BCUT2D eigenvalue weighted by atomic mass is 32.1. The average Bonchev–Trinajstić information content (AvgIpc) is 2.89. The summed E-state index contributed by atoms with van der Waals surface area (Å²) in [6.07, 6.45) is 4.58. The summed E-state index contributed by atoms with van der Waals surface area (Å²) in [5.74, 6) is 0.492. The van der Waals surface area contributed by atoms with Gasteiger partial charge in [-0.3, -0.25) is 9.78 Å². The molecule has 0 saturated heterocycles. The van der Waals surface area contributed by atoms with Crippen molar-refractivity contribution in [3.05, 3.63) is 46.2 Å². The fourth-order valence-corrected chi connectivity index (χ4v) is 2.65. The first kappa shape index (κ1) is 14.7. The molecule has 0 saturated carbocycles. The zero-order chi connectivity index (χ0) is 14.4. The van der Waals surface area contributed by atoms with Crippen molar-refractivity contribution in [3.8, 4) is 0 Å². The van der Waals surface area contributed by atoms with Gasteiger partial charge in [0.25, 0.3) is 0 Å². The zero-order valence-corrected chi connectivity index (χ0v) is 12.6. The van der Waals surface area contributed by atoms with Crippen molar-refractivity contribution in [2.75, 3.05) is 6.54 Å². The Bertz CT molecular complexity index is 551. The van der Waals surface area contributed by atoms with Gasteiger partial charge in [0, 0.05) is 36.7 Å². The molecule has 0 aliphatic carbocycles. The van der Waals surface area contributed by atoms with Crippen LogP contribution in [0.15, 0.2) is 29.9 Å². The molecule has 2 aromatic rings. The van der Waals surface area contributed by atoms with E-state index in [0.29, 0.717) is 18.9 Å². The molecular weight excluding hydrogens is 270 g/mol. The van der Waals surface area contributed by atoms with Gasteiger partial charge in [0.15, 0.2) is 0 Å². The number of thiazole rings is 1. The lowest BCUT2D eigenvalue weighted by molar-refractivity contribution is -0.120. The fourth-order valence-electron chi connectivity index (χ4n) is 1.78. The number of carbonyl (C=O) groups is 1. The molecule has 2 heterocycles. The summed E-state index contributed by atoms with van der Waals surface area (Å²) in [4.78, 5) is 20.3. The van der Waals surface area contributed by atoms with E-state index in [9.17, 15) is 4.79 Å². The van der Waals surface area contributed by atoms with E-state index in [2.05, 4.69) is 34.5 Å². The average molecular weight is 289 g/mol. The van der Waals surface area contributed by atoms with Gasteiger partial charge in [0.05, 0.1) is 17.1 Å². The molecule has 0 radical (unpaired) electrons. The van der Waals surface area contributed by atoms with Crippen LogP contribution in [0.25, 0.3) is 0 Å². The van der Waals surface area contributed by atoms with Crippen LogP contribution in [0, 0.1) is 0 Å². The van der Waals surface area contributed by atoms with E-state index in [0.717, 1.165) is 22.7 Å². The van der Waals surface area contributed by atoms with Gasteiger partial charge in [-0.15, -0.1) is 11.3 Å². The number of amides is 1. The first-order valence-corrected chi connectivity index (χ1v) is 7.63. The highest BCUT2D eigenvalue weighted by molar-refractivity contribution is 7.09. The van der Waals surface area contributed by atoms with E-state index >= 15 is 0 Å². The van der Waals surface area contributed by atoms with Gasteiger partial charge in [0.1, 0.15) is 0 Å². The molecule has 1 amide bonds. The van der Waals surface area contributed by atoms with Crippen molar-refractivity contribution in [1.82, 2.24) is 15.3 Å². The number of nitrogens with zero attached hydrogens (tertiary/aromatic N) is 2. The first-order chi connectivity index (χ1) is 9.65. The summed E-state index contributed by atoms with van der Waals surface area (Å²) < 4.78 is 0. The van der Waals surface area contributed by atoms with Crippen LogP contribution < -0.4 is 5.32 Å². The van der Waals surface area contributed by atoms with Crippen molar-refractivity contribution in [2.24, 2.45) is 0 Å². The van der Waals surface area contributed by atoms with E-state index < -0.39 is 0 Å². The summed E-state index contributed by atoms with van der Waals surface area (Å²) in [6.45, 7) is 4.90. The first-order valence-electron chi connectivity index (χ1n) is 6.75. The predicted octanol–water partition coefficient (Wildman–Crippen LogP) is 2.56. The van der Waals surface area contributed by atoms with Crippen LogP contribution in [-0.2, 0) is 17.6 Å². The largest absolute Gasteiger partial charge is 0.355 e. The Balaban J connectivity index is 1.73. The van der Waals surface area contributed by atoms with Gasteiger partial charge in [0.2, 0.25) is 5.91 Å². The maximum Gasteiger partial charge on any atom is 0.224 e. The van der Waals surface area contributed by atoms with E-state index in [1.165, 1.54) is 0 Å². The van der Waals surface area contributed by atoms with Gasteiger partial charge in [-0.2, -0.15) is 0 Å². The molecule has 1 N–H and O–H groups in total. The van der Waals surface area contributed by atoms with Crippen LogP contribution in [-0.4, -0.2) is 22.4 Å². The molecule has 0 aliphatic rings. The van der Waals surface area contributed by atoms with Gasteiger partial charge in [-0.25, -0.2) is 4.98 Å². The number of nitrogens with one attached hydrogen (secondary N) is 1. The topological polar surface area (TPSA) is 54.9 Å². The minimum Gasteiger partial charge on any atom is -0.355 e. The Labute approximate surface area is 123 Å². The third-order valence-electron chi connectivity index (χ3n) is 2.85. The Morgan fingerprint density at radius 2 is 2.30 bits per heavy atom. The molecule has 0 aromatic carbocycles. The van der Waals surface area contributed by atoms with Crippen molar-refractivity contribution in [2.45, 2.75) is 32.6 Å². The fraction of sp³-hybridized carbons (Fsp3) is 0.400. The minimum absolute atomic E-state index is 0.0253. The summed E-state index contributed by atoms with van der Waals surface area (Å²) in [6, 6.07) is 3.74. The molecule has 4 nitrogen and oxygen atoms in total. The molecule has 0 atom stereocenters. The number of rotatable bonds is 6. The minimum atomic E-state index is 0.0253. The second kappa shape index (κ2) is 7.14. The normalized spacial score (nSPS) is 10.8. The Hall–Kier alpha value is -1.75. The molecular formula is C15H19N3OS. The number of pyridine rings is 1. The van der Waals surface area contributed by atoms with Crippen molar-refractivity contribution >= 4 is 17.2 Å². The molecule has 106 valence electrons. The van der Waals surface area contributed by atoms with E-state index in [1.54, 1.807) is 23.7 Å².